The van der Waals surface area contributed by atoms with Gasteiger partial charge in [0.15, 0.2) is 0 Å². The van der Waals surface area contributed by atoms with Crippen molar-refractivity contribution in [1.82, 2.24) is 4.90 Å². The molecule has 0 spiro atoms. The number of nitrogens with zero attached hydrogens (tertiary/aromatic N) is 2. The molecule has 1 aliphatic rings. The monoisotopic (exact) mass is 304 g/mol. The minimum absolute atomic E-state index is 0.0239. The average molecular weight is 304 g/mol. The number of non-ortho nitro benzene ring substituents is 1. The Labute approximate surface area is 129 Å². The highest BCUT2D eigenvalue weighted by atomic mass is 16.6. The van der Waals surface area contributed by atoms with E-state index in [9.17, 15) is 20.0 Å². The predicted molar refractivity (Wildman–Crippen MR) is 83.1 cm³/mol. The van der Waals surface area contributed by atoms with E-state index in [2.05, 4.69) is 0 Å². The fraction of sp³-hybridized carbons (Fsp3) is 0.438. The fourth-order valence-electron chi connectivity index (χ4n) is 2.67. The van der Waals surface area contributed by atoms with Crippen molar-refractivity contribution in [2.24, 2.45) is 5.92 Å². The van der Waals surface area contributed by atoms with Gasteiger partial charge in [-0.25, -0.2) is 0 Å². The lowest BCUT2D eigenvalue weighted by molar-refractivity contribution is -0.384. The number of hydrogen-bond acceptors (Lipinski definition) is 4. The molecule has 0 heterocycles. The van der Waals surface area contributed by atoms with Crippen LogP contribution in [0.2, 0.25) is 0 Å². The number of nitro groups is 1. The van der Waals surface area contributed by atoms with Gasteiger partial charge in [-0.3, -0.25) is 14.9 Å². The zero-order chi connectivity index (χ0) is 16.1. The predicted octanol–water partition coefficient (Wildman–Crippen LogP) is 2.23. The topological polar surface area (TPSA) is 83.7 Å². The van der Waals surface area contributed by atoms with Gasteiger partial charge in [0, 0.05) is 37.7 Å². The normalized spacial score (nSPS) is 21.2. The van der Waals surface area contributed by atoms with E-state index in [0.29, 0.717) is 6.54 Å². The first-order valence-electron chi connectivity index (χ1n) is 7.33. The van der Waals surface area contributed by atoms with Gasteiger partial charge >= 0.3 is 0 Å². The highest BCUT2D eigenvalue weighted by molar-refractivity contribution is 5.91. The Hall–Kier alpha value is -2.21. The molecule has 1 amide bonds. The number of nitro benzene ring substituents is 1. The maximum absolute atomic E-state index is 12.0. The van der Waals surface area contributed by atoms with Gasteiger partial charge in [0.05, 0.1) is 11.0 Å². The van der Waals surface area contributed by atoms with E-state index in [1.54, 1.807) is 30.2 Å². The molecule has 118 valence electrons. The van der Waals surface area contributed by atoms with Crippen molar-refractivity contribution in [2.45, 2.75) is 25.4 Å². The second kappa shape index (κ2) is 7.17. The van der Waals surface area contributed by atoms with Gasteiger partial charge in [-0.15, -0.1) is 0 Å². The Kier molecular flexibility index (Phi) is 5.27. The van der Waals surface area contributed by atoms with Gasteiger partial charge in [-0.05, 0) is 36.6 Å². The van der Waals surface area contributed by atoms with Crippen molar-refractivity contribution < 1.29 is 14.8 Å². The molecule has 2 rings (SSSR count). The molecule has 1 saturated carbocycles. The summed E-state index contributed by atoms with van der Waals surface area (Å²) >= 11 is 0. The largest absolute Gasteiger partial charge is 0.393 e. The Morgan fingerprint density at radius 3 is 2.64 bits per heavy atom. The van der Waals surface area contributed by atoms with Crippen molar-refractivity contribution in [3.63, 3.8) is 0 Å². The molecule has 2 unspecified atom stereocenters. The highest BCUT2D eigenvalue weighted by Crippen LogP contribution is 2.26. The van der Waals surface area contributed by atoms with E-state index in [4.69, 9.17) is 0 Å². The molecule has 1 N–H and O–H groups in total. The van der Waals surface area contributed by atoms with Crippen molar-refractivity contribution >= 4 is 17.7 Å². The van der Waals surface area contributed by atoms with Gasteiger partial charge in [0.2, 0.25) is 5.91 Å². The van der Waals surface area contributed by atoms with Gasteiger partial charge < -0.3 is 10.0 Å². The second-order valence-corrected chi connectivity index (χ2v) is 5.66. The smallest absolute Gasteiger partial charge is 0.269 e. The van der Waals surface area contributed by atoms with Crippen molar-refractivity contribution in [2.75, 3.05) is 13.6 Å². The minimum atomic E-state index is -0.459. The zero-order valence-electron chi connectivity index (χ0n) is 12.5. The van der Waals surface area contributed by atoms with Crippen LogP contribution < -0.4 is 0 Å². The first-order chi connectivity index (χ1) is 10.5. The number of aliphatic hydroxyl groups is 1. The average Bonchev–Trinajstić information content (AvgIpc) is 2.90. The zero-order valence-corrected chi connectivity index (χ0v) is 12.5. The number of carbonyl (C=O) groups excluding carboxylic acids is 1. The van der Waals surface area contributed by atoms with Crippen LogP contribution in [-0.2, 0) is 4.79 Å². The van der Waals surface area contributed by atoms with Crippen LogP contribution in [-0.4, -0.2) is 40.5 Å². The van der Waals surface area contributed by atoms with Crippen LogP contribution in [0, 0.1) is 16.0 Å². The Morgan fingerprint density at radius 2 is 2.09 bits per heavy atom. The molecule has 22 heavy (non-hydrogen) atoms. The lowest BCUT2D eigenvalue weighted by Crippen LogP contribution is -2.33. The molecule has 1 aromatic rings. The third-order valence-corrected chi connectivity index (χ3v) is 4.03. The van der Waals surface area contributed by atoms with E-state index >= 15 is 0 Å². The highest BCUT2D eigenvalue weighted by Gasteiger charge is 2.26. The number of aliphatic hydroxyl groups excluding tert-OH is 1. The van der Waals surface area contributed by atoms with E-state index in [1.165, 1.54) is 18.2 Å². The van der Waals surface area contributed by atoms with Crippen LogP contribution in [0.25, 0.3) is 6.08 Å². The lowest BCUT2D eigenvalue weighted by atomic mass is 10.1. The second-order valence-electron chi connectivity index (χ2n) is 5.66. The summed E-state index contributed by atoms with van der Waals surface area (Å²) in [6.07, 6.45) is 5.53. The molecule has 0 radical (unpaired) electrons. The van der Waals surface area contributed by atoms with E-state index < -0.39 is 4.92 Å². The van der Waals surface area contributed by atoms with Gasteiger partial charge in [-0.2, -0.15) is 0 Å². The van der Waals surface area contributed by atoms with Gasteiger partial charge in [0.25, 0.3) is 5.69 Å². The third-order valence-electron chi connectivity index (χ3n) is 4.03. The third kappa shape index (κ3) is 4.14. The van der Waals surface area contributed by atoms with Gasteiger partial charge in [0.1, 0.15) is 0 Å². The number of benzene rings is 1. The van der Waals surface area contributed by atoms with Gasteiger partial charge in [-0.1, -0.05) is 6.42 Å². The number of carbonyl (C=O) groups is 1. The maximum atomic E-state index is 12.0. The molecule has 1 aromatic carbocycles. The van der Waals surface area contributed by atoms with Crippen LogP contribution >= 0.6 is 0 Å². The summed E-state index contributed by atoms with van der Waals surface area (Å²) in [6.45, 7) is 0.546. The van der Waals surface area contributed by atoms with E-state index in [0.717, 1.165) is 24.8 Å². The van der Waals surface area contributed by atoms with Crippen LogP contribution in [0.1, 0.15) is 24.8 Å². The van der Waals surface area contributed by atoms with Crippen molar-refractivity contribution in [3.8, 4) is 0 Å². The van der Waals surface area contributed by atoms with Crippen molar-refractivity contribution in [1.29, 1.82) is 0 Å². The molecule has 6 nitrogen and oxygen atoms in total. The molecule has 0 bridgehead atoms. The molecule has 6 heteroatoms. The molecular weight excluding hydrogens is 284 g/mol. The summed E-state index contributed by atoms with van der Waals surface area (Å²) in [5, 5.41) is 20.4. The Bertz CT molecular complexity index is 568. The first kappa shape index (κ1) is 16.2. The summed E-state index contributed by atoms with van der Waals surface area (Å²) in [7, 11) is 1.72. The van der Waals surface area contributed by atoms with Crippen LogP contribution in [0.15, 0.2) is 30.3 Å². The molecular formula is C16H20N2O4. The van der Waals surface area contributed by atoms with Crippen molar-refractivity contribution in [3.05, 3.63) is 46.0 Å². The minimum Gasteiger partial charge on any atom is -0.393 e. The summed E-state index contributed by atoms with van der Waals surface area (Å²) in [4.78, 5) is 23.7. The molecule has 1 fully saturated rings. The quantitative estimate of drug-likeness (QED) is 0.513. The molecule has 1 aliphatic carbocycles. The maximum Gasteiger partial charge on any atom is 0.269 e. The Morgan fingerprint density at radius 1 is 1.41 bits per heavy atom. The SMILES string of the molecule is CN(CC1CCCC1O)C(=O)/C=C/c1ccc([N+](=O)[O-])cc1. The van der Waals surface area contributed by atoms with Crippen LogP contribution in [0.5, 0.6) is 0 Å². The molecule has 2 atom stereocenters. The van der Waals surface area contributed by atoms with E-state index in [-0.39, 0.29) is 23.6 Å². The summed E-state index contributed by atoms with van der Waals surface area (Å²) in [6, 6.07) is 6.01. The Balaban J connectivity index is 1.91. The standard InChI is InChI=1S/C16H20N2O4/c1-17(11-13-3-2-4-15(13)19)16(20)10-7-12-5-8-14(9-6-12)18(21)22/h5-10,13,15,19H,2-4,11H2,1H3/b10-7+. The number of likely N-dealkylation sites (N-methyl/N-ethyl adjacent to an activating group) is 1. The molecule has 0 saturated heterocycles. The molecule has 0 aliphatic heterocycles. The fourth-order valence-corrected chi connectivity index (χ4v) is 2.67. The molecule has 0 aromatic heterocycles. The summed E-state index contributed by atoms with van der Waals surface area (Å²) in [5.74, 6) is 0.0131. The van der Waals surface area contributed by atoms with Crippen LogP contribution in [0.3, 0.4) is 0 Å². The number of amides is 1. The summed E-state index contributed by atoms with van der Waals surface area (Å²) < 4.78 is 0. The number of hydrogen-bond donors (Lipinski definition) is 1. The van der Waals surface area contributed by atoms with Crippen LogP contribution in [0.4, 0.5) is 5.69 Å². The lowest BCUT2D eigenvalue weighted by Gasteiger charge is -2.22. The number of rotatable bonds is 5. The van der Waals surface area contributed by atoms with E-state index in [1.807, 2.05) is 0 Å². The summed E-state index contributed by atoms with van der Waals surface area (Å²) in [5.41, 5.74) is 0.754. The first-order valence-corrected chi connectivity index (χ1v) is 7.33.